The predicted molar refractivity (Wildman–Crippen MR) is 76.2 cm³/mol. The maximum Gasteiger partial charge on any atom is 0.224 e. The SMILES string of the molecule is NCc1ccccc1CC(=O)NCc1cc(F)ccc1F. The third-order valence-corrected chi connectivity index (χ3v) is 3.17. The average Bonchev–Trinajstić information content (AvgIpc) is 2.49. The number of amides is 1. The van der Waals surface area contributed by atoms with E-state index < -0.39 is 11.6 Å². The molecule has 0 bridgehead atoms. The first-order valence-electron chi connectivity index (χ1n) is 6.57. The summed E-state index contributed by atoms with van der Waals surface area (Å²) in [6, 6.07) is 10.5. The van der Waals surface area contributed by atoms with Crippen LogP contribution in [0.15, 0.2) is 42.5 Å². The van der Waals surface area contributed by atoms with Gasteiger partial charge in [0.25, 0.3) is 0 Å². The second-order valence-electron chi connectivity index (χ2n) is 4.66. The summed E-state index contributed by atoms with van der Waals surface area (Å²) in [5.74, 6) is -1.34. The van der Waals surface area contributed by atoms with Crippen molar-refractivity contribution >= 4 is 5.91 Å². The number of benzene rings is 2. The van der Waals surface area contributed by atoms with Gasteiger partial charge in [0.05, 0.1) is 6.42 Å². The summed E-state index contributed by atoms with van der Waals surface area (Å²) in [5, 5.41) is 2.58. The van der Waals surface area contributed by atoms with Gasteiger partial charge in [-0.15, -0.1) is 0 Å². The fourth-order valence-electron chi connectivity index (χ4n) is 2.04. The van der Waals surface area contributed by atoms with Gasteiger partial charge in [-0.05, 0) is 29.3 Å². The van der Waals surface area contributed by atoms with Gasteiger partial charge in [-0.1, -0.05) is 24.3 Å². The molecule has 0 aliphatic rings. The summed E-state index contributed by atoms with van der Waals surface area (Å²) in [5.41, 5.74) is 7.45. The van der Waals surface area contributed by atoms with Gasteiger partial charge in [-0.3, -0.25) is 4.79 Å². The number of carbonyl (C=O) groups excluding carboxylic acids is 1. The summed E-state index contributed by atoms with van der Waals surface area (Å²) in [6.45, 7) is 0.301. The van der Waals surface area contributed by atoms with E-state index >= 15 is 0 Å². The van der Waals surface area contributed by atoms with Crippen LogP contribution in [0.5, 0.6) is 0 Å². The Labute approximate surface area is 121 Å². The Balaban J connectivity index is 1.97. The highest BCUT2D eigenvalue weighted by Gasteiger charge is 2.09. The van der Waals surface area contributed by atoms with Crippen LogP contribution in [0.1, 0.15) is 16.7 Å². The lowest BCUT2D eigenvalue weighted by Gasteiger charge is -2.09. The van der Waals surface area contributed by atoms with E-state index in [9.17, 15) is 13.6 Å². The number of nitrogens with two attached hydrogens (primary N) is 1. The Hall–Kier alpha value is -2.27. The molecule has 3 nitrogen and oxygen atoms in total. The first-order valence-corrected chi connectivity index (χ1v) is 6.57. The van der Waals surface area contributed by atoms with Crippen LogP contribution in [-0.4, -0.2) is 5.91 Å². The highest BCUT2D eigenvalue weighted by Crippen LogP contribution is 2.11. The van der Waals surface area contributed by atoms with Crippen LogP contribution < -0.4 is 11.1 Å². The number of hydrogen-bond acceptors (Lipinski definition) is 2. The number of nitrogens with one attached hydrogen (secondary N) is 1. The van der Waals surface area contributed by atoms with E-state index in [4.69, 9.17) is 5.73 Å². The monoisotopic (exact) mass is 290 g/mol. The third-order valence-electron chi connectivity index (χ3n) is 3.17. The minimum Gasteiger partial charge on any atom is -0.352 e. The number of rotatable bonds is 5. The largest absolute Gasteiger partial charge is 0.352 e. The van der Waals surface area contributed by atoms with Gasteiger partial charge in [-0.2, -0.15) is 0 Å². The summed E-state index contributed by atoms with van der Waals surface area (Å²) in [7, 11) is 0. The molecule has 0 fully saturated rings. The highest BCUT2D eigenvalue weighted by molar-refractivity contribution is 5.78. The lowest BCUT2D eigenvalue weighted by atomic mass is 10.0. The molecule has 0 aliphatic carbocycles. The summed E-state index contributed by atoms with van der Waals surface area (Å²) >= 11 is 0. The van der Waals surface area contributed by atoms with E-state index in [-0.39, 0.29) is 24.4 Å². The van der Waals surface area contributed by atoms with Gasteiger partial charge in [0.15, 0.2) is 0 Å². The Morgan fingerprint density at radius 2 is 1.76 bits per heavy atom. The van der Waals surface area contributed by atoms with Gasteiger partial charge in [0, 0.05) is 18.7 Å². The molecule has 2 rings (SSSR count). The van der Waals surface area contributed by atoms with E-state index in [2.05, 4.69) is 5.32 Å². The standard InChI is InChI=1S/C16H16F2N2O/c17-14-5-6-15(18)13(7-14)10-20-16(21)8-11-3-1-2-4-12(11)9-19/h1-7H,8-10,19H2,(H,20,21). The van der Waals surface area contributed by atoms with Crippen molar-refractivity contribution in [3.8, 4) is 0 Å². The van der Waals surface area contributed by atoms with Crippen LogP contribution in [0.2, 0.25) is 0 Å². The second-order valence-corrected chi connectivity index (χ2v) is 4.66. The van der Waals surface area contributed by atoms with Crippen LogP contribution in [0, 0.1) is 11.6 Å². The molecular formula is C16H16F2N2O. The van der Waals surface area contributed by atoms with Crippen molar-refractivity contribution in [2.24, 2.45) is 5.73 Å². The molecule has 0 heterocycles. The van der Waals surface area contributed by atoms with Gasteiger partial charge >= 0.3 is 0 Å². The highest BCUT2D eigenvalue weighted by atomic mass is 19.1. The molecule has 3 N–H and O–H groups in total. The maximum atomic E-state index is 13.4. The predicted octanol–water partition coefficient (Wildman–Crippen LogP) is 2.28. The normalized spacial score (nSPS) is 10.4. The van der Waals surface area contributed by atoms with Crippen molar-refractivity contribution < 1.29 is 13.6 Å². The molecule has 0 saturated heterocycles. The molecular weight excluding hydrogens is 274 g/mol. The van der Waals surface area contributed by atoms with Crippen LogP contribution >= 0.6 is 0 Å². The Kier molecular flexibility index (Phi) is 5.00. The molecule has 0 aromatic heterocycles. The summed E-state index contributed by atoms with van der Waals surface area (Å²) < 4.78 is 26.5. The Morgan fingerprint density at radius 1 is 1.05 bits per heavy atom. The van der Waals surface area contributed by atoms with Crippen molar-refractivity contribution in [1.82, 2.24) is 5.32 Å². The first kappa shape index (κ1) is 15.1. The van der Waals surface area contributed by atoms with Gasteiger partial charge < -0.3 is 11.1 Å². The number of hydrogen-bond donors (Lipinski definition) is 2. The molecule has 2 aromatic rings. The minimum absolute atomic E-state index is 0.0484. The van der Waals surface area contributed by atoms with E-state index in [1.807, 2.05) is 24.3 Å². The smallest absolute Gasteiger partial charge is 0.224 e. The van der Waals surface area contributed by atoms with Crippen molar-refractivity contribution in [2.45, 2.75) is 19.5 Å². The van der Waals surface area contributed by atoms with Crippen molar-refractivity contribution in [3.05, 3.63) is 70.8 Å². The maximum absolute atomic E-state index is 13.4. The minimum atomic E-state index is -0.543. The Bertz CT molecular complexity index is 644. The fourth-order valence-corrected chi connectivity index (χ4v) is 2.04. The molecule has 0 aliphatic heterocycles. The number of carbonyl (C=O) groups is 1. The zero-order valence-corrected chi connectivity index (χ0v) is 11.4. The van der Waals surface area contributed by atoms with Gasteiger partial charge in [-0.25, -0.2) is 8.78 Å². The lowest BCUT2D eigenvalue weighted by molar-refractivity contribution is -0.120. The van der Waals surface area contributed by atoms with Crippen LogP contribution in [0.4, 0.5) is 8.78 Å². The molecule has 0 unspecified atom stereocenters. The molecule has 0 radical (unpaired) electrons. The van der Waals surface area contributed by atoms with E-state index in [0.717, 1.165) is 29.3 Å². The van der Waals surface area contributed by atoms with E-state index in [1.54, 1.807) is 0 Å². The zero-order valence-electron chi connectivity index (χ0n) is 11.4. The van der Waals surface area contributed by atoms with Crippen LogP contribution in [0.25, 0.3) is 0 Å². The summed E-state index contributed by atoms with van der Waals surface area (Å²) in [4.78, 5) is 11.9. The van der Waals surface area contributed by atoms with E-state index in [1.165, 1.54) is 0 Å². The van der Waals surface area contributed by atoms with Gasteiger partial charge in [0.2, 0.25) is 5.91 Å². The van der Waals surface area contributed by atoms with Gasteiger partial charge in [0.1, 0.15) is 11.6 Å². The topological polar surface area (TPSA) is 55.1 Å². The van der Waals surface area contributed by atoms with E-state index in [0.29, 0.717) is 6.54 Å². The van der Waals surface area contributed by atoms with Crippen molar-refractivity contribution in [2.75, 3.05) is 0 Å². The molecule has 21 heavy (non-hydrogen) atoms. The molecule has 5 heteroatoms. The second kappa shape index (κ2) is 6.95. The fraction of sp³-hybridized carbons (Fsp3) is 0.188. The molecule has 2 aromatic carbocycles. The Morgan fingerprint density at radius 3 is 2.48 bits per heavy atom. The average molecular weight is 290 g/mol. The lowest BCUT2D eigenvalue weighted by Crippen LogP contribution is -2.25. The van der Waals surface area contributed by atoms with Crippen molar-refractivity contribution in [3.63, 3.8) is 0 Å². The first-order chi connectivity index (χ1) is 10.1. The zero-order chi connectivity index (χ0) is 15.2. The number of halogens is 2. The third kappa shape index (κ3) is 4.10. The molecule has 0 saturated carbocycles. The summed E-state index contributed by atoms with van der Waals surface area (Å²) in [6.07, 6.45) is 0.157. The quantitative estimate of drug-likeness (QED) is 0.887. The molecule has 0 atom stereocenters. The molecule has 110 valence electrons. The molecule has 0 spiro atoms. The molecule has 1 amide bonds. The van der Waals surface area contributed by atoms with Crippen molar-refractivity contribution in [1.29, 1.82) is 0 Å². The van der Waals surface area contributed by atoms with Crippen LogP contribution in [0.3, 0.4) is 0 Å². The van der Waals surface area contributed by atoms with Crippen LogP contribution in [-0.2, 0) is 24.3 Å².